The summed E-state index contributed by atoms with van der Waals surface area (Å²) >= 11 is 0. The summed E-state index contributed by atoms with van der Waals surface area (Å²) in [6.07, 6.45) is 2.96. The van der Waals surface area contributed by atoms with E-state index in [1.165, 1.54) is 19.5 Å². The molecule has 0 aromatic rings. The molecular formula is C11H18N2O. The van der Waals surface area contributed by atoms with Crippen LogP contribution in [0, 0.1) is 11.8 Å². The van der Waals surface area contributed by atoms with Crippen LogP contribution in [0.1, 0.15) is 19.3 Å². The van der Waals surface area contributed by atoms with Gasteiger partial charge in [-0.1, -0.05) is 0 Å². The van der Waals surface area contributed by atoms with Crippen molar-refractivity contribution in [2.75, 3.05) is 26.2 Å². The van der Waals surface area contributed by atoms with Gasteiger partial charge in [-0.25, -0.2) is 0 Å². The van der Waals surface area contributed by atoms with E-state index in [0.717, 1.165) is 37.8 Å². The maximum atomic E-state index is 11.4. The van der Waals surface area contributed by atoms with Crippen molar-refractivity contribution in [1.82, 2.24) is 10.2 Å². The predicted molar refractivity (Wildman–Crippen MR) is 54.1 cm³/mol. The maximum Gasteiger partial charge on any atom is 0.135 e. The fourth-order valence-electron chi connectivity index (χ4n) is 3.42. The summed E-state index contributed by atoms with van der Waals surface area (Å²) in [7, 11) is 0. The van der Waals surface area contributed by atoms with Gasteiger partial charge in [0.05, 0.1) is 0 Å². The highest BCUT2D eigenvalue weighted by molar-refractivity contribution is 5.80. The molecule has 0 amide bonds. The fourth-order valence-corrected chi connectivity index (χ4v) is 3.42. The third kappa shape index (κ3) is 1.39. The minimum Gasteiger partial charge on any atom is -0.316 e. The minimum absolute atomic E-state index is 0.482. The van der Waals surface area contributed by atoms with Gasteiger partial charge in [0.25, 0.3) is 0 Å². The lowest BCUT2D eigenvalue weighted by molar-refractivity contribution is -0.126. The molecule has 3 saturated heterocycles. The van der Waals surface area contributed by atoms with E-state index in [2.05, 4.69) is 10.2 Å². The Kier molecular flexibility index (Phi) is 2.10. The molecule has 1 unspecified atom stereocenters. The minimum atomic E-state index is 0.482. The summed E-state index contributed by atoms with van der Waals surface area (Å²) in [4.78, 5) is 14.0. The van der Waals surface area contributed by atoms with Gasteiger partial charge >= 0.3 is 0 Å². The molecule has 3 heterocycles. The topological polar surface area (TPSA) is 32.3 Å². The van der Waals surface area contributed by atoms with Crippen molar-refractivity contribution in [1.29, 1.82) is 0 Å². The second kappa shape index (κ2) is 3.31. The molecular weight excluding hydrogens is 176 g/mol. The fraction of sp³-hybridized carbons (Fsp3) is 0.909. The first-order valence-electron chi connectivity index (χ1n) is 5.79. The van der Waals surface area contributed by atoms with E-state index in [1.807, 2.05) is 0 Å². The Morgan fingerprint density at radius 2 is 2.29 bits per heavy atom. The molecule has 0 saturated carbocycles. The average Bonchev–Trinajstić information content (AvgIpc) is 2.20. The highest BCUT2D eigenvalue weighted by Crippen LogP contribution is 2.33. The van der Waals surface area contributed by atoms with Crippen LogP contribution in [0.25, 0.3) is 0 Å². The van der Waals surface area contributed by atoms with Crippen molar-refractivity contribution in [3.8, 4) is 0 Å². The lowest BCUT2D eigenvalue weighted by Gasteiger charge is -2.49. The molecule has 3 aliphatic rings. The lowest BCUT2D eigenvalue weighted by Crippen LogP contribution is -2.59. The van der Waals surface area contributed by atoms with Crippen LogP contribution in [0.4, 0.5) is 0 Å². The van der Waals surface area contributed by atoms with Crippen molar-refractivity contribution in [2.24, 2.45) is 11.8 Å². The molecule has 3 rings (SSSR count). The number of hydrogen-bond acceptors (Lipinski definition) is 3. The van der Waals surface area contributed by atoms with Crippen LogP contribution in [0.3, 0.4) is 0 Å². The molecule has 3 heteroatoms. The van der Waals surface area contributed by atoms with Crippen LogP contribution in [0.5, 0.6) is 0 Å². The van der Waals surface area contributed by atoms with Gasteiger partial charge in [-0.15, -0.1) is 0 Å². The monoisotopic (exact) mass is 194 g/mol. The molecule has 0 aromatic carbocycles. The van der Waals surface area contributed by atoms with E-state index in [1.54, 1.807) is 0 Å². The first-order chi connectivity index (χ1) is 6.83. The van der Waals surface area contributed by atoms with Crippen LogP contribution >= 0.6 is 0 Å². The van der Waals surface area contributed by atoms with Gasteiger partial charge in [0.1, 0.15) is 5.78 Å². The number of carbonyl (C=O) groups excluding carboxylic acids is 1. The zero-order valence-electron chi connectivity index (χ0n) is 8.54. The Bertz CT molecular complexity index is 252. The number of rotatable bonds is 0. The number of carbonyl (C=O) groups is 1. The van der Waals surface area contributed by atoms with Crippen LogP contribution in [-0.4, -0.2) is 42.9 Å². The van der Waals surface area contributed by atoms with Crippen LogP contribution in [0.15, 0.2) is 0 Å². The van der Waals surface area contributed by atoms with Crippen molar-refractivity contribution in [3.05, 3.63) is 0 Å². The number of Topliss-reactive ketones (excluding diaryl/α,β-unsaturated/α-hetero) is 1. The summed E-state index contributed by atoms with van der Waals surface area (Å²) in [6, 6.07) is 0.570. The Balaban J connectivity index is 1.78. The molecule has 0 aromatic heterocycles. The van der Waals surface area contributed by atoms with Gasteiger partial charge < -0.3 is 5.32 Å². The largest absolute Gasteiger partial charge is 0.316 e. The van der Waals surface area contributed by atoms with E-state index >= 15 is 0 Å². The second-order valence-corrected chi connectivity index (χ2v) is 5.08. The van der Waals surface area contributed by atoms with Crippen molar-refractivity contribution in [2.45, 2.75) is 25.3 Å². The molecule has 3 aliphatic heterocycles. The normalized spacial score (nSPS) is 43.4. The number of nitrogens with zero attached hydrogens (tertiary/aromatic N) is 1. The molecule has 3 nitrogen and oxygen atoms in total. The molecule has 14 heavy (non-hydrogen) atoms. The summed E-state index contributed by atoms with van der Waals surface area (Å²) in [5.74, 6) is 2.07. The molecule has 0 aliphatic carbocycles. The molecule has 1 N–H and O–H groups in total. The zero-order valence-corrected chi connectivity index (χ0v) is 8.54. The zero-order chi connectivity index (χ0) is 9.54. The van der Waals surface area contributed by atoms with Gasteiger partial charge in [-0.3, -0.25) is 9.69 Å². The number of piperidine rings is 3. The molecule has 0 spiro atoms. The summed E-state index contributed by atoms with van der Waals surface area (Å²) < 4.78 is 0. The van der Waals surface area contributed by atoms with Crippen molar-refractivity contribution in [3.63, 3.8) is 0 Å². The highest BCUT2D eigenvalue weighted by atomic mass is 16.1. The Hall–Kier alpha value is -0.410. The van der Waals surface area contributed by atoms with Crippen LogP contribution in [0.2, 0.25) is 0 Å². The SMILES string of the molecule is O=C1CCN2C[C@H]3CNC[C@H](C3)C2C1. The third-order valence-electron chi connectivity index (χ3n) is 4.10. The van der Waals surface area contributed by atoms with E-state index in [4.69, 9.17) is 0 Å². The lowest BCUT2D eigenvalue weighted by atomic mass is 9.76. The second-order valence-electron chi connectivity index (χ2n) is 5.08. The van der Waals surface area contributed by atoms with Crippen molar-refractivity contribution >= 4 is 5.78 Å². The van der Waals surface area contributed by atoms with Gasteiger partial charge in [0.15, 0.2) is 0 Å². The average molecular weight is 194 g/mol. The summed E-state index contributed by atoms with van der Waals surface area (Å²) in [5, 5.41) is 3.50. The van der Waals surface area contributed by atoms with Gasteiger partial charge in [-0.2, -0.15) is 0 Å². The van der Waals surface area contributed by atoms with Gasteiger partial charge in [0.2, 0.25) is 0 Å². The first kappa shape index (κ1) is 8.86. The molecule has 78 valence electrons. The number of nitrogens with one attached hydrogen (secondary N) is 1. The predicted octanol–water partition coefficient (Wildman–Crippen LogP) is 0.259. The van der Waals surface area contributed by atoms with Gasteiger partial charge in [-0.05, 0) is 31.3 Å². The summed E-state index contributed by atoms with van der Waals surface area (Å²) in [6.45, 7) is 4.57. The van der Waals surface area contributed by atoms with E-state index in [-0.39, 0.29) is 0 Å². The van der Waals surface area contributed by atoms with Crippen molar-refractivity contribution < 1.29 is 4.79 Å². The van der Waals surface area contributed by atoms with Crippen LogP contribution < -0.4 is 5.32 Å². The smallest absolute Gasteiger partial charge is 0.135 e. The van der Waals surface area contributed by atoms with E-state index in [0.29, 0.717) is 11.8 Å². The van der Waals surface area contributed by atoms with E-state index in [9.17, 15) is 4.79 Å². The number of ketones is 1. The molecule has 3 atom stereocenters. The number of hydrogen-bond donors (Lipinski definition) is 1. The standard InChI is InChI=1S/C11H18N2O/c14-10-1-2-13-7-8-3-9(6-12-5-8)11(13)4-10/h8-9,11-12H,1-7H2/t8-,9+,11?/m1/s1. The number of fused-ring (bicyclic) bond motifs is 4. The molecule has 2 bridgehead atoms. The Morgan fingerprint density at radius 1 is 1.36 bits per heavy atom. The summed E-state index contributed by atoms with van der Waals surface area (Å²) in [5.41, 5.74) is 0. The Morgan fingerprint density at radius 3 is 3.21 bits per heavy atom. The third-order valence-corrected chi connectivity index (χ3v) is 4.10. The van der Waals surface area contributed by atoms with Gasteiger partial charge in [0, 0.05) is 32.0 Å². The highest BCUT2D eigenvalue weighted by Gasteiger charge is 2.40. The Labute approximate surface area is 84.8 Å². The van der Waals surface area contributed by atoms with E-state index < -0.39 is 0 Å². The molecule has 0 radical (unpaired) electrons. The van der Waals surface area contributed by atoms with Crippen LogP contribution in [-0.2, 0) is 4.79 Å². The first-order valence-corrected chi connectivity index (χ1v) is 5.79. The maximum absolute atomic E-state index is 11.4. The quantitative estimate of drug-likeness (QED) is 0.600. The molecule has 3 fully saturated rings.